The number of anilines is 1. The fourth-order valence-corrected chi connectivity index (χ4v) is 2.03. The Morgan fingerprint density at radius 1 is 1.56 bits per heavy atom. The Balaban J connectivity index is 2.81. The second-order valence-corrected chi connectivity index (χ2v) is 5.21. The van der Waals surface area contributed by atoms with Gasteiger partial charge < -0.3 is 10.4 Å². The average molecular weight is 262 g/mol. The minimum absolute atomic E-state index is 0.0434. The predicted octanol–water partition coefficient (Wildman–Crippen LogP) is 2.42. The first-order valence-corrected chi connectivity index (χ1v) is 6.41. The summed E-state index contributed by atoms with van der Waals surface area (Å²) in [7, 11) is 0. The van der Waals surface area contributed by atoms with Gasteiger partial charge in [-0.15, -0.1) is 0 Å². The maximum Gasteiger partial charge on any atom is 0.223 e. The second-order valence-electron chi connectivity index (χ2n) is 3.44. The lowest BCUT2D eigenvalue weighted by Crippen LogP contribution is -2.15. The van der Waals surface area contributed by atoms with Gasteiger partial charge in [-0.3, -0.25) is 0 Å². The van der Waals surface area contributed by atoms with E-state index in [4.69, 9.17) is 11.6 Å². The topological polar surface area (TPSA) is 58.0 Å². The zero-order valence-corrected chi connectivity index (χ0v) is 11.1. The van der Waals surface area contributed by atoms with Gasteiger partial charge in [-0.25, -0.2) is 9.97 Å². The molecule has 0 aliphatic rings. The Morgan fingerprint density at radius 3 is 2.81 bits per heavy atom. The Hall–Kier alpha value is -0.520. The molecule has 0 aromatic carbocycles. The first kappa shape index (κ1) is 13.5. The van der Waals surface area contributed by atoms with Crippen molar-refractivity contribution < 1.29 is 5.11 Å². The van der Waals surface area contributed by atoms with Gasteiger partial charge in [0.25, 0.3) is 0 Å². The van der Waals surface area contributed by atoms with E-state index < -0.39 is 6.10 Å². The molecular weight excluding hydrogens is 246 g/mol. The van der Waals surface area contributed by atoms with Crippen LogP contribution >= 0.6 is 23.4 Å². The van der Waals surface area contributed by atoms with Crippen LogP contribution in [0.1, 0.15) is 20.8 Å². The molecule has 1 aromatic rings. The van der Waals surface area contributed by atoms with Gasteiger partial charge in [0.2, 0.25) is 5.95 Å². The molecule has 16 heavy (non-hydrogen) atoms. The number of hydrogen-bond donors (Lipinski definition) is 2. The lowest BCUT2D eigenvalue weighted by atomic mass is 10.3. The van der Waals surface area contributed by atoms with Gasteiger partial charge in [-0.1, -0.05) is 30.3 Å². The van der Waals surface area contributed by atoms with Crippen molar-refractivity contribution in [2.45, 2.75) is 37.2 Å². The maximum atomic E-state index is 9.42. The van der Waals surface area contributed by atoms with Crippen LogP contribution in [0.2, 0.25) is 5.02 Å². The maximum absolute atomic E-state index is 9.42. The molecule has 2 atom stereocenters. The minimum atomic E-state index is -0.404. The molecule has 0 bridgehead atoms. The van der Waals surface area contributed by atoms with Gasteiger partial charge >= 0.3 is 0 Å². The van der Waals surface area contributed by atoms with Crippen molar-refractivity contribution in [3.05, 3.63) is 11.2 Å². The number of halogens is 1. The summed E-state index contributed by atoms with van der Waals surface area (Å²) in [6.07, 6.45) is 1.17. The third kappa shape index (κ3) is 3.81. The summed E-state index contributed by atoms with van der Waals surface area (Å²) >= 11 is 7.44. The zero-order chi connectivity index (χ0) is 12.1. The van der Waals surface area contributed by atoms with E-state index in [0.717, 1.165) is 6.54 Å². The highest BCUT2D eigenvalue weighted by molar-refractivity contribution is 8.00. The zero-order valence-electron chi connectivity index (χ0n) is 9.57. The minimum Gasteiger partial charge on any atom is -0.392 e. The van der Waals surface area contributed by atoms with Crippen LogP contribution in [0.4, 0.5) is 5.95 Å². The molecule has 0 radical (unpaired) electrons. The average Bonchev–Trinajstić information content (AvgIpc) is 2.23. The third-order valence-electron chi connectivity index (χ3n) is 2.02. The van der Waals surface area contributed by atoms with Gasteiger partial charge in [-0.2, -0.15) is 0 Å². The van der Waals surface area contributed by atoms with Crippen molar-refractivity contribution >= 4 is 29.3 Å². The highest BCUT2D eigenvalue weighted by Gasteiger charge is 2.14. The van der Waals surface area contributed by atoms with E-state index in [2.05, 4.69) is 15.3 Å². The highest BCUT2D eigenvalue weighted by Crippen LogP contribution is 2.29. The lowest BCUT2D eigenvalue weighted by molar-refractivity contribution is 0.196. The number of thioether (sulfide) groups is 1. The van der Waals surface area contributed by atoms with E-state index in [1.54, 1.807) is 13.1 Å². The highest BCUT2D eigenvalue weighted by atomic mass is 35.5. The quantitative estimate of drug-likeness (QED) is 0.630. The van der Waals surface area contributed by atoms with Crippen LogP contribution in [0, 0.1) is 0 Å². The number of rotatable bonds is 5. The van der Waals surface area contributed by atoms with E-state index in [0.29, 0.717) is 16.0 Å². The summed E-state index contributed by atoms with van der Waals surface area (Å²) in [6.45, 7) is 6.42. The second kappa shape index (κ2) is 6.27. The molecule has 0 saturated heterocycles. The van der Waals surface area contributed by atoms with Crippen molar-refractivity contribution in [1.29, 1.82) is 0 Å². The van der Waals surface area contributed by atoms with E-state index in [1.165, 1.54) is 11.8 Å². The third-order valence-corrected chi connectivity index (χ3v) is 3.71. The fraction of sp³-hybridized carbons (Fsp3) is 0.600. The number of aliphatic hydroxyl groups excluding tert-OH is 1. The Labute approximate surface area is 105 Å². The standard InChI is InChI=1S/C10H16ClN3OS/c1-4-12-10-13-5-8(11)9(14-10)16-7(3)6(2)15/h5-7,15H,4H2,1-3H3,(H,12,13,14). The predicted molar refractivity (Wildman–Crippen MR) is 68.2 cm³/mol. The molecular formula is C10H16ClN3OS. The Morgan fingerprint density at radius 2 is 2.25 bits per heavy atom. The van der Waals surface area contributed by atoms with Crippen LogP contribution < -0.4 is 5.32 Å². The molecule has 2 N–H and O–H groups in total. The molecule has 6 heteroatoms. The molecule has 1 aromatic heterocycles. The molecule has 1 rings (SSSR count). The molecule has 0 aliphatic heterocycles. The van der Waals surface area contributed by atoms with Gasteiger partial charge in [0.1, 0.15) is 5.03 Å². The molecule has 0 amide bonds. The largest absolute Gasteiger partial charge is 0.392 e. The lowest BCUT2D eigenvalue weighted by Gasteiger charge is -2.14. The molecule has 2 unspecified atom stereocenters. The van der Waals surface area contributed by atoms with Gasteiger partial charge in [0.05, 0.1) is 17.3 Å². The number of nitrogens with one attached hydrogen (secondary N) is 1. The van der Waals surface area contributed by atoms with Crippen LogP contribution in [0.3, 0.4) is 0 Å². The van der Waals surface area contributed by atoms with Crippen molar-refractivity contribution in [2.24, 2.45) is 0 Å². The molecule has 0 spiro atoms. The summed E-state index contributed by atoms with van der Waals surface area (Å²) in [6, 6.07) is 0. The fourth-order valence-electron chi connectivity index (χ4n) is 0.952. The molecule has 0 saturated carbocycles. The van der Waals surface area contributed by atoms with Crippen molar-refractivity contribution in [2.75, 3.05) is 11.9 Å². The SMILES string of the molecule is CCNc1ncc(Cl)c(SC(C)C(C)O)n1. The summed E-state index contributed by atoms with van der Waals surface area (Å²) < 4.78 is 0. The van der Waals surface area contributed by atoms with E-state index in [9.17, 15) is 5.11 Å². The van der Waals surface area contributed by atoms with Crippen molar-refractivity contribution in [3.63, 3.8) is 0 Å². The Bertz CT molecular complexity index is 349. The molecule has 0 aliphatic carbocycles. The Kier molecular flexibility index (Phi) is 5.31. The summed E-state index contributed by atoms with van der Waals surface area (Å²) in [4.78, 5) is 8.33. The van der Waals surface area contributed by atoms with Crippen LogP contribution in [0.5, 0.6) is 0 Å². The van der Waals surface area contributed by atoms with Crippen molar-refractivity contribution in [1.82, 2.24) is 9.97 Å². The van der Waals surface area contributed by atoms with E-state index in [1.807, 2.05) is 13.8 Å². The number of nitrogens with zero attached hydrogens (tertiary/aromatic N) is 2. The van der Waals surface area contributed by atoms with Crippen molar-refractivity contribution in [3.8, 4) is 0 Å². The monoisotopic (exact) mass is 261 g/mol. The van der Waals surface area contributed by atoms with Crippen LogP contribution in [0.25, 0.3) is 0 Å². The smallest absolute Gasteiger partial charge is 0.223 e. The molecule has 1 heterocycles. The molecule has 0 fully saturated rings. The first-order valence-electron chi connectivity index (χ1n) is 5.15. The van der Waals surface area contributed by atoms with Gasteiger partial charge in [0.15, 0.2) is 0 Å². The van der Waals surface area contributed by atoms with Crippen LogP contribution in [0.15, 0.2) is 11.2 Å². The molecule has 4 nitrogen and oxygen atoms in total. The number of aliphatic hydroxyl groups is 1. The van der Waals surface area contributed by atoms with Gasteiger partial charge in [-0.05, 0) is 13.8 Å². The van der Waals surface area contributed by atoms with Crippen LogP contribution in [-0.2, 0) is 0 Å². The first-order chi connectivity index (χ1) is 7.54. The van der Waals surface area contributed by atoms with Gasteiger partial charge in [0, 0.05) is 11.8 Å². The van der Waals surface area contributed by atoms with Crippen LogP contribution in [-0.4, -0.2) is 33.0 Å². The summed E-state index contributed by atoms with van der Waals surface area (Å²) in [5.41, 5.74) is 0. The normalized spacial score (nSPS) is 14.6. The van der Waals surface area contributed by atoms with E-state index >= 15 is 0 Å². The summed E-state index contributed by atoms with van der Waals surface area (Å²) in [5, 5.41) is 13.7. The number of hydrogen-bond acceptors (Lipinski definition) is 5. The van der Waals surface area contributed by atoms with E-state index in [-0.39, 0.29) is 5.25 Å². The number of aromatic nitrogens is 2. The summed E-state index contributed by atoms with van der Waals surface area (Å²) in [5.74, 6) is 0.562. The molecule has 90 valence electrons.